The summed E-state index contributed by atoms with van der Waals surface area (Å²) < 4.78 is 14.1. The van der Waals surface area contributed by atoms with Crippen LogP contribution in [0.5, 0.6) is 0 Å². The normalized spacial score (nSPS) is 12.6. The molecule has 0 saturated carbocycles. The summed E-state index contributed by atoms with van der Waals surface area (Å²) in [4.78, 5) is 2.45. The number of hydrogen-bond donors (Lipinski definition) is 1. The van der Waals surface area contributed by atoms with Gasteiger partial charge < -0.3 is 5.32 Å². The van der Waals surface area contributed by atoms with Crippen molar-refractivity contribution in [3.05, 3.63) is 56.5 Å². The second kappa shape index (κ2) is 6.51. The first-order chi connectivity index (χ1) is 9.15. The smallest absolute Gasteiger partial charge is 0.129 e. The Kier molecular flexibility index (Phi) is 4.97. The molecule has 1 N–H and O–H groups in total. The Morgan fingerprint density at radius 3 is 2.63 bits per heavy atom. The molecule has 0 spiro atoms. The Morgan fingerprint density at radius 1 is 1.26 bits per heavy atom. The molecule has 0 saturated heterocycles. The van der Waals surface area contributed by atoms with Crippen molar-refractivity contribution < 1.29 is 4.39 Å². The Bertz CT molecular complexity index is 553. The number of thiophene rings is 1. The van der Waals surface area contributed by atoms with Crippen molar-refractivity contribution in [1.29, 1.82) is 0 Å². The molecule has 102 valence electrons. The van der Waals surface area contributed by atoms with E-state index in [1.165, 1.54) is 10.9 Å². The molecular weight excluding hydrogens is 281 g/mol. The monoisotopic (exact) mass is 297 g/mol. The lowest BCUT2D eigenvalue weighted by Crippen LogP contribution is -2.22. The molecule has 4 heteroatoms. The first-order valence-electron chi connectivity index (χ1n) is 6.42. The summed E-state index contributed by atoms with van der Waals surface area (Å²) >= 11 is 7.54. The van der Waals surface area contributed by atoms with Crippen LogP contribution >= 0.6 is 22.9 Å². The summed E-state index contributed by atoms with van der Waals surface area (Å²) in [5, 5.41) is 3.77. The highest BCUT2D eigenvalue weighted by Gasteiger charge is 2.18. The third-order valence-electron chi connectivity index (χ3n) is 3.00. The van der Waals surface area contributed by atoms with Crippen LogP contribution in [0.25, 0.3) is 0 Å². The first-order valence-corrected chi connectivity index (χ1v) is 7.62. The van der Waals surface area contributed by atoms with E-state index >= 15 is 0 Å². The maximum absolute atomic E-state index is 14.1. The van der Waals surface area contributed by atoms with Crippen LogP contribution in [0.2, 0.25) is 5.02 Å². The van der Waals surface area contributed by atoms with Gasteiger partial charge in [-0.15, -0.1) is 11.3 Å². The van der Waals surface area contributed by atoms with Crippen molar-refractivity contribution in [2.24, 2.45) is 0 Å². The van der Waals surface area contributed by atoms with Crippen LogP contribution in [0, 0.1) is 5.82 Å². The summed E-state index contributed by atoms with van der Waals surface area (Å²) in [6.45, 7) is 4.93. The van der Waals surface area contributed by atoms with Crippen LogP contribution in [0.4, 0.5) is 4.39 Å². The van der Waals surface area contributed by atoms with Crippen LogP contribution < -0.4 is 5.32 Å². The largest absolute Gasteiger partial charge is 0.306 e. The van der Waals surface area contributed by atoms with Gasteiger partial charge in [-0.3, -0.25) is 0 Å². The molecule has 1 unspecified atom stereocenters. The number of halogens is 2. The van der Waals surface area contributed by atoms with E-state index in [4.69, 9.17) is 11.6 Å². The molecule has 1 aromatic heterocycles. The van der Waals surface area contributed by atoms with Gasteiger partial charge in [0.1, 0.15) is 5.82 Å². The van der Waals surface area contributed by atoms with Crippen molar-refractivity contribution in [1.82, 2.24) is 5.32 Å². The lowest BCUT2D eigenvalue weighted by atomic mass is 10.0. The van der Waals surface area contributed by atoms with Crippen LogP contribution in [0.3, 0.4) is 0 Å². The lowest BCUT2D eigenvalue weighted by molar-refractivity contribution is 0.563. The summed E-state index contributed by atoms with van der Waals surface area (Å²) in [7, 11) is 0. The SMILES string of the molecule is CCNC(c1ccc(CC)s1)c1ccc(Cl)cc1F. The third-order valence-corrected chi connectivity index (χ3v) is 4.53. The van der Waals surface area contributed by atoms with E-state index in [-0.39, 0.29) is 11.9 Å². The van der Waals surface area contributed by atoms with Crippen LogP contribution in [0.1, 0.15) is 35.2 Å². The van der Waals surface area contributed by atoms with Crippen LogP contribution in [-0.2, 0) is 6.42 Å². The van der Waals surface area contributed by atoms with Gasteiger partial charge in [0, 0.05) is 20.3 Å². The first kappa shape index (κ1) is 14.5. The molecule has 1 atom stereocenters. The van der Waals surface area contributed by atoms with Gasteiger partial charge in [-0.1, -0.05) is 31.5 Å². The minimum absolute atomic E-state index is 0.104. The second-order valence-corrected chi connectivity index (χ2v) is 5.95. The van der Waals surface area contributed by atoms with E-state index < -0.39 is 0 Å². The Hall–Kier alpha value is -0.900. The number of rotatable bonds is 5. The molecule has 0 amide bonds. The fourth-order valence-corrected chi connectivity index (χ4v) is 3.25. The maximum atomic E-state index is 14.1. The Balaban J connectivity index is 2.38. The highest BCUT2D eigenvalue weighted by atomic mass is 35.5. The van der Waals surface area contributed by atoms with Gasteiger partial charge in [0.15, 0.2) is 0 Å². The van der Waals surface area contributed by atoms with Gasteiger partial charge in [0.2, 0.25) is 0 Å². The Labute approximate surface area is 122 Å². The number of aryl methyl sites for hydroxylation is 1. The average molecular weight is 298 g/mol. The molecule has 0 fully saturated rings. The molecule has 19 heavy (non-hydrogen) atoms. The molecule has 0 radical (unpaired) electrons. The fourth-order valence-electron chi connectivity index (χ4n) is 2.04. The molecule has 1 aromatic carbocycles. The van der Waals surface area contributed by atoms with Gasteiger partial charge in [0.25, 0.3) is 0 Å². The minimum Gasteiger partial charge on any atom is -0.306 e. The predicted octanol–water partition coefficient (Wildman–Crippen LogP) is 4.80. The quantitative estimate of drug-likeness (QED) is 0.836. The minimum atomic E-state index is -0.259. The number of hydrogen-bond acceptors (Lipinski definition) is 2. The zero-order chi connectivity index (χ0) is 13.8. The van der Waals surface area contributed by atoms with E-state index in [2.05, 4.69) is 24.4 Å². The van der Waals surface area contributed by atoms with Crippen molar-refractivity contribution >= 4 is 22.9 Å². The molecule has 0 aliphatic rings. The summed E-state index contributed by atoms with van der Waals surface area (Å²) in [5.74, 6) is -0.259. The molecule has 2 rings (SSSR count). The fraction of sp³-hybridized carbons (Fsp3) is 0.333. The summed E-state index contributed by atoms with van der Waals surface area (Å²) in [6, 6.07) is 8.95. The molecule has 2 aromatic rings. The lowest BCUT2D eigenvalue weighted by Gasteiger charge is -2.17. The third kappa shape index (κ3) is 3.35. The molecule has 1 heterocycles. The number of benzene rings is 1. The average Bonchev–Trinajstić information content (AvgIpc) is 2.85. The van der Waals surface area contributed by atoms with Gasteiger partial charge in [-0.2, -0.15) is 0 Å². The van der Waals surface area contributed by atoms with Crippen molar-refractivity contribution in [2.75, 3.05) is 6.54 Å². The van der Waals surface area contributed by atoms with Crippen molar-refractivity contribution in [3.63, 3.8) is 0 Å². The standard InChI is InChI=1S/C15H17ClFNS/c1-3-11-6-8-14(19-11)15(18-4-2)12-7-5-10(16)9-13(12)17/h5-9,15,18H,3-4H2,1-2H3. The molecule has 0 bridgehead atoms. The van der Waals surface area contributed by atoms with E-state index in [1.807, 2.05) is 6.92 Å². The van der Waals surface area contributed by atoms with Crippen molar-refractivity contribution in [3.8, 4) is 0 Å². The zero-order valence-corrected chi connectivity index (χ0v) is 12.6. The molecule has 0 aliphatic heterocycles. The zero-order valence-electron chi connectivity index (χ0n) is 11.0. The summed E-state index contributed by atoms with van der Waals surface area (Å²) in [6.07, 6.45) is 1.01. The molecule has 1 nitrogen and oxygen atoms in total. The van der Waals surface area contributed by atoms with Gasteiger partial charge in [-0.05, 0) is 37.2 Å². The highest BCUT2D eigenvalue weighted by molar-refractivity contribution is 7.12. The van der Waals surface area contributed by atoms with E-state index in [0.717, 1.165) is 17.8 Å². The van der Waals surface area contributed by atoms with Gasteiger partial charge in [-0.25, -0.2) is 4.39 Å². The van der Waals surface area contributed by atoms with Crippen LogP contribution in [0.15, 0.2) is 30.3 Å². The number of nitrogens with one attached hydrogen (secondary N) is 1. The summed E-state index contributed by atoms with van der Waals surface area (Å²) in [5.41, 5.74) is 0.649. The maximum Gasteiger partial charge on any atom is 0.129 e. The van der Waals surface area contributed by atoms with E-state index in [0.29, 0.717) is 10.6 Å². The Morgan fingerprint density at radius 2 is 2.05 bits per heavy atom. The van der Waals surface area contributed by atoms with Crippen LogP contribution in [-0.4, -0.2) is 6.54 Å². The molecule has 0 aliphatic carbocycles. The van der Waals surface area contributed by atoms with Gasteiger partial charge in [0.05, 0.1) is 6.04 Å². The van der Waals surface area contributed by atoms with E-state index in [9.17, 15) is 4.39 Å². The van der Waals surface area contributed by atoms with Gasteiger partial charge >= 0.3 is 0 Å². The van der Waals surface area contributed by atoms with E-state index in [1.54, 1.807) is 23.5 Å². The predicted molar refractivity (Wildman–Crippen MR) is 80.6 cm³/mol. The van der Waals surface area contributed by atoms with Crippen molar-refractivity contribution in [2.45, 2.75) is 26.3 Å². The highest BCUT2D eigenvalue weighted by Crippen LogP contribution is 2.31. The molecular formula is C15H17ClFNS. The topological polar surface area (TPSA) is 12.0 Å². The second-order valence-electron chi connectivity index (χ2n) is 4.31.